The topological polar surface area (TPSA) is 97.7 Å². The fourth-order valence-corrected chi connectivity index (χ4v) is 3.03. The summed E-state index contributed by atoms with van der Waals surface area (Å²) in [7, 11) is 4.24. The number of rotatable bonds is 6. The maximum atomic E-state index is 12.6. The van der Waals surface area contributed by atoms with Crippen LogP contribution in [0.1, 0.15) is 15.9 Å². The molecule has 144 valence electrons. The third-order valence-electron chi connectivity index (χ3n) is 3.71. The van der Waals surface area contributed by atoms with Gasteiger partial charge in [-0.1, -0.05) is 12.1 Å². The maximum absolute atomic E-state index is 12.6. The number of esters is 1. The SMILES string of the molecule is COC(=O)c1ccccc1NC(=O)/C(C#N)=C/c1cc(Br)c(OC)c(OC)c1. The van der Waals surface area contributed by atoms with Crippen LogP contribution < -0.4 is 14.8 Å². The van der Waals surface area contributed by atoms with Crippen LogP contribution in [0.2, 0.25) is 0 Å². The molecule has 0 atom stereocenters. The van der Waals surface area contributed by atoms with Crippen molar-refractivity contribution in [3.05, 3.63) is 57.6 Å². The first-order valence-electron chi connectivity index (χ1n) is 7.97. The quantitative estimate of drug-likeness (QED) is 0.413. The average molecular weight is 445 g/mol. The van der Waals surface area contributed by atoms with Crippen LogP contribution in [0.25, 0.3) is 6.08 Å². The van der Waals surface area contributed by atoms with E-state index in [0.717, 1.165) is 0 Å². The van der Waals surface area contributed by atoms with E-state index in [9.17, 15) is 14.9 Å². The molecule has 28 heavy (non-hydrogen) atoms. The molecule has 0 aliphatic heterocycles. The van der Waals surface area contributed by atoms with Gasteiger partial charge in [-0.3, -0.25) is 4.79 Å². The van der Waals surface area contributed by atoms with E-state index in [4.69, 9.17) is 14.2 Å². The number of ether oxygens (including phenoxy) is 3. The van der Waals surface area contributed by atoms with Gasteiger partial charge in [-0.25, -0.2) is 4.79 Å². The lowest BCUT2D eigenvalue weighted by atomic mass is 10.1. The third-order valence-corrected chi connectivity index (χ3v) is 4.30. The van der Waals surface area contributed by atoms with Gasteiger partial charge in [0, 0.05) is 0 Å². The summed E-state index contributed by atoms with van der Waals surface area (Å²) >= 11 is 3.37. The van der Waals surface area contributed by atoms with Gasteiger partial charge in [0.25, 0.3) is 5.91 Å². The summed E-state index contributed by atoms with van der Waals surface area (Å²) < 4.78 is 15.8. The van der Waals surface area contributed by atoms with Crippen LogP contribution in [0, 0.1) is 11.3 Å². The van der Waals surface area contributed by atoms with E-state index in [2.05, 4.69) is 21.2 Å². The van der Waals surface area contributed by atoms with Gasteiger partial charge in [0.1, 0.15) is 11.6 Å². The second-order valence-corrected chi connectivity index (χ2v) is 6.25. The van der Waals surface area contributed by atoms with Crippen LogP contribution in [0.15, 0.2) is 46.4 Å². The summed E-state index contributed by atoms with van der Waals surface area (Å²) in [4.78, 5) is 24.4. The number of amides is 1. The molecule has 0 aliphatic rings. The van der Waals surface area contributed by atoms with E-state index in [1.807, 2.05) is 6.07 Å². The molecule has 0 aromatic heterocycles. The minimum Gasteiger partial charge on any atom is -0.493 e. The number of halogens is 1. The van der Waals surface area contributed by atoms with Crippen molar-refractivity contribution < 1.29 is 23.8 Å². The first-order valence-corrected chi connectivity index (χ1v) is 8.76. The monoisotopic (exact) mass is 444 g/mol. The zero-order chi connectivity index (χ0) is 20.7. The molecule has 2 aromatic rings. The van der Waals surface area contributed by atoms with E-state index in [1.165, 1.54) is 33.5 Å². The number of anilines is 1. The summed E-state index contributed by atoms with van der Waals surface area (Å²) in [6, 6.07) is 11.6. The van der Waals surface area contributed by atoms with Gasteiger partial charge >= 0.3 is 5.97 Å². The number of nitriles is 1. The van der Waals surface area contributed by atoms with Crippen molar-refractivity contribution in [3.63, 3.8) is 0 Å². The molecular weight excluding hydrogens is 428 g/mol. The highest BCUT2D eigenvalue weighted by molar-refractivity contribution is 9.10. The molecule has 0 unspecified atom stereocenters. The third kappa shape index (κ3) is 4.69. The number of para-hydroxylation sites is 1. The molecule has 7 nitrogen and oxygen atoms in total. The van der Waals surface area contributed by atoms with Crippen LogP contribution in [-0.2, 0) is 9.53 Å². The van der Waals surface area contributed by atoms with Crippen molar-refractivity contribution in [2.24, 2.45) is 0 Å². The van der Waals surface area contributed by atoms with Gasteiger partial charge in [-0.2, -0.15) is 5.26 Å². The van der Waals surface area contributed by atoms with E-state index < -0.39 is 11.9 Å². The first-order chi connectivity index (χ1) is 13.4. The molecule has 0 spiro atoms. The molecule has 2 rings (SSSR count). The van der Waals surface area contributed by atoms with Crippen molar-refractivity contribution in [2.45, 2.75) is 0 Å². The van der Waals surface area contributed by atoms with E-state index in [0.29, 0.717) is 21.5 Å². The Balaban J connectivity index is 2.37. The van der Waals surface area contributed by atoms with E-state index in [-0.39, 0.29) is 16.8 Å². The Kier molecular flexibility index (Phi) is 7.18. The van der Waals surface area contributed by atoms with Gasteiger partial charge in [0.2, 0.25) is 0 Å². The number of nitrogens with one attached hydrogen (secondary N) is 1. The summed E-state index contributed by atoms with van der Waals surface area (Å²) in [6.45, 7) is 0. The molecule has 0 radical (unpaired) electrons. The molecule has 2 aromatic carbocycles. The van der Waals surface area contributed by atoms with Gasteiger partial charge < -0.3 is 19.5 Å². The van der Waals surface area contributed by atoms with Crippen molar-refractivity contribution >= 4 is 39.6 Å². The number of benzene rings is 2. The number of carbonyl (C=O) groups excluding carboxylic acids is 2. The molecule has 0 heterocycles. The lowest BCUT2D eigenvalue weighted by molar-refractivity contribution is -0.112. The van der Waals surface area contributed by atoms with Crippen molar-refractivity contribution in [2.75, 3.05) is 26.6 Å². The summed E-state index contributed by atoms with van der Waals surface area (Å²) in [6.07, 6.45) is 1.41. The molecule has 0 fully saturated rings. The number of hydrogen-bond donors (Lipinski definition) is 1. The highest BCUT2D eigenvalue weighted by Gasteiger charge is 2.17. The highest BCUT2D eigenvalue weighted by Crippen LogP contribution is 2.36. The average Bonchev–Trinajstić information content (AvgIpc) is 2.71. The first kappa shape index (κ1) is 21.0. The standard InChI is InChI=1S/C20H17BrN2O5/c1-26-17-10-12(9-15(21)18(17)27-2)8-13(11-22)19(24)23-16-7-5-4-6-14(16)20(25)28-3/h4-10H,1-3H3,(H,23,24)/b13-8+. The molecule has 0 bridgehead atoms. The Hall–Kier alpha value is -3.31. The number of methoxy groups -OCH3 is 3. The Morgan fingerprint density at radius 3 is 2.46 bits per heavy atom. The normalized spacial score (nSPS) is 10.6. The van der Waals surface area contributed by atoms with Crippen molar-refractivity contribution in [1.29, 1.82) is 5.26 Å². The second kappa shape index (κ2) is 9.58. The number of carbonyl (C=O) groups is 2. The van der Waals surface area contributed by atoms with Crippen LogP contribution in [0.3, 0.4) is 0 Å². The summed E-state index contributed by atoms with van der Waals surface area (Å²) in [5.74, 6) is -0.321. The number of nitrogens with zero attached hydrogens (tertiary/aromatic N) is 1. The smallest absolute Gasteiger partial charge is 0.339 e. The minimum atomic E-state index is -0.662. The largest absolute Gasteiger partial charge is 0.493 e. The molecule has 0 saturated heterocycles. The Morgan fingerprint density at radius 1 is 1.14 bits per heavy atom. The van der Waals surface area contributed by atoms with Crippen LogP contribution >= 0.6 is 15.9 Å². The summed E-state index contributed by atoms with van der Waals surface area (Å²) in [5.41, 5.74) is 0.828. The number of hydrogen-bond acceptors (Lipinski definition) is 6. The zero-order valence-electron chi connectivity index (χ0n) is 15.4. The lowest BCUT2D eigenvalue weighted by Crippen LogP contribution is -2.16. The van der Waals surface area contributed by atoms with Crippen LogP contribution in [0.4, 0.5) is 5.69 Å². The zero-order valence-corrected chi connectivity index (χ0v) is 17.0. The minimum absolute atomic E-state index is 0.154. The molecular formula is C20H17BrN2O5. The van der Waals surface area contributed by atoms with E-state index in [1.54, 1.807) is 30.3 Å². The predicted octanol–water partition coefficient (Wildman–Crippen LogP) is 3.80. The molecule has 1 N–H and O–H groups in total. The fraction of sp³-hybridized carbons (Fsp3) is 0.150. The van der Waals surface area contributed by atoms with E-state index >= 15 is 0 Å². The van der Waals surface area contributed by atoms with Crippen molar-refractivity contribution in [1.82, 2.24) is 0 Å². The van der Waals surface area contributed by atoms with Gasteiger partial charge in [0.15, 0.2) is 11.5 Å². The van der Waals surface area contributed by atoms with Gasteiger partial charge in [-0.15, -0.1) is 0 Å². The van der Waals surface area contributed by atoms with Crippen LogP contribution in [0.5, 0.6) is 11.5 Å². The molecule has 0 aliphatic carbocycles. The summed E-state index contributed by atoms with van der Waals surface area (Å²) in [5, 5.41) is 12.0. The highest BCUT2D eigenvalue weighted by atomic mass is 79.9. The predicted molar refractivity (Wildman–Crippen MR) is 107 cm³/mol. The Bertz CT molecular complexity index is 979. The molecule has 1 amide bonds. The molecule has 0 saturated carbocycles. The molecule has 8 heteroatoms. The van der Waals surface area contributed by atoms with Gasteiger partial charge in [-0.05, 0) is 51.8 Å². The van der Waals surface area contributed by atoms with Gasteiger partial charge in [0.05, 0.1) is 37.1 Å². The Labute approximate surface area is 170 Å². The van der Waals surface area contributed by atoms with Crippen LogP contribution in [-0.4, -0.2) is 33.2 Å². The maximum Gasteiger partial charge on any atom is 0.339 e. The van der Waals surface area contributed by atoms with Crippen molar-refractivity contribution in [3.8, 4) is 17.6 Å². The lowest BCUT2D eigenvalue weighted by Gasteiger charge is -2.11. The second-order valence-electron chi connectivity index (χ2n) is 5.40. The Morgan fingerprint density at radius 2 is 1.86 bits per heavy atom. The fourth-order valence-electron chi connectivity index (χ4n) is 2.41.